The number of aromatic nitrogens is 1. The number of thiazole rings is 1. The molecule has 19 heavy (non-hydrogen) atoms. The van der Waals surface area contributed by atoms with Gasteiger partial charge in [-0.15, -0.1) is 0 Å². The minimum atomic E-state index is -0.562. The molecule has 0 radical (unpaired) electrons. The van der Waals surface area contributed by atoms with Crippen molar-refractivity contribution in [3.05, 3.63) is 10.6 Å². The van der Waals surface area contributed by atoms with Gasteiger partial charge in [-0.1, -0.05) is 18.3 Å². The lowest BCUT2D eigenvalue weighted by atomic mass is 10.3. The van der Waals surface area contributed by atoms with Crippen LogP contribution in [0.25, 0.3) is 0 Å². The first-order valence-corrected chi connectivity index (χ1v) is 7.10. The summed E-state index contributed by atoms with van der Waals surface area (Å²) in [6.45, 7) is 8.47. The van der Waals surface area contributed by atoms with E-state index in [1.165, 1.54) is 25.4 Å². The normalized spacial score (nSPS) is 10.6. The van der Waals surface area contributed by atoms with Gasteiger partial charge in [0.25, 0.3) is 0 Å². The molecule has 0 bridgehead atoms. The summed E-state index contributed by atoms with van der Waals surface area (Å²) in [7, 11) is 1.29. The summed E-state index contributed by atoms with van der Waals surface area (Å²) >= 11 is 1.25. The van der Waals surface area contributed by atoms with Gasteiger partial charge in [-0.05, 0) is 20.3 Å². The number of ether oxygens (including phenoxy) is 1. The van der Waals surface area contributed by atoms with Crippen molar-refractivity contribution < 1.29 is 14.3 Å². The summed E-state index contributed by atoms with van der Waals surface area (Å²) in [6.07, 6.45) is 0.973. The van der Waals surface area contributed by atoms with Crippen molar-refractivity contribution in [3.8, 4) is 0 Å². The Morgan fingerprint density at radius 3 is 2.47 bits per heavy atom. The maximum Gasteiger partial charge on any atom is 0.358 e. The molecule has 6 heteroatoms. The maximum atomic E-state index is 11.7. The lowest BCUT2D eigenvalue weighted by Crippen LogP contribution is -2.31. The summed E-state index contributed by atoms with van der Waals surface area (Å²) in [4.78, 5) is 30.0. The zero-order valence-electron chi connectivity index (χ0n) is 12.0. The highest BCUT2D eigenvalue weighted by atomic mass is 32.1. The topological polar surface area (TPSA) is 59.5 Å². The molecule has 0 saturated carbocycles. The van der Waals surface area contributed by atoms with Gasteiger partial charge in [0.15, 0.2) is 16.6 Å². The van der Waals surface area contributed by atoms with Crippen LogP contribution in [0.5, 0.6) is 0 Å². The molecule has 0 atom stereocenters. The standard InChI is InChI=1S/C13H20N2O3S/c1-6-7-15(8(2)3)13-14-10(12(17)18-5)11(19-13)9(4)16/h8H,6-7H2,1-5H3. The molecule has 1 aromatic heterocycles. The van der Waals surface area contributed by atoms with E-state index < -0.39 is 5.97 Å². The van der Waals surface area contributed by atoms with E-state index in [9.17, 15) is 9.59 Å². The molecule has 106 valence electrons. The minimum Gasteiger partial charge on any atom is -0.464 e. The van der Waals surface area contributed by atoms with Gasteiger partial charge in [0, 0.05) is 19.5 Å². The largest absolute Gasteiger partial charge is 0.464 e. The Balaban J connectivity index is 3.22. The predicted octanol–water partition coefficient (Wildman–Crippen LogP) is 2.76. The van der Waals surface area contributed by atoms with Gasteiger partial charge in [0.1, 0.15) is 4.88 Å². The number of Topliss-reactive ketones (excluding diaryl/α,β-unsaturated/α-hetero) is 1. The molecular weight excluding hydrogens is 264 g/mol. The zero-order valence-corrected chi connectivity index (χ0v) is 12.8. The number of carbonyl (C=O) groups is 2. The van der Waals surface area contributed by atoms with Gasteiger partial charge >= 0.3 is 5.97 Å². The Morgan fingerprint density at radius 2 is 2.05 bits per heavy atom. The minimum absolute atomic E-state index is 0.122. The lowest BCUT2D eigenvalue weighted by molar-refractivity contribution is 0.0591. The SMILES string of the molecule is CCCN(c1nc(C(=O)OC)c(C(C)=O)s1)C(C)C. The van der Waals surface area contributed by atoms with Crippen LogP contribution in [0, 0.1) is 0 Å². The van der Waals surface area contributed by atoms with Crippen molar-refractivity contribution in [2.45, 2.75) is 40.2 Å². The Kier molecular flexibility index (Phi) is 5.47. The molecule has 0 amide bonds. The van der Waals surface area contributed by atoms with Gasteiger partial charge < -0.3 is 9.64 Å². The zero-order chi connectivity index (χ0) is 14.6. The molecule has 0 saturated heterocycles. The number of nitrogens with zero attached hydrogens (tertiary/aromatic N) is 2. The molecule has 0 aromatic carbocycles. The van der Waals surface area contributed by atoms with E-state index in [4.69, 9.17) is 0 Å². The molecule has 0 N–H and O–H groups in total. The van der Waals surface area contributed by atoms with E-state index in [-0.39, 0.29) is 17.5 Å². The van der Waals surface area contributed by atoms with Crippen LogP contribution in [-0.4, -0.2) is 36.4 Å². The molecule has 0 aliphatic rings. The first-order chi connectivity index (χ1) is 8.92. The van der Waals surface area contributed by atoms with Crippen molar-refractivity contribution in [1.82, 2.24) is 4.98 Å². The van der Waals surface area contributed by atoms with Crippen molar-refractivity contribution in [2.24, 2.45) is 0 Å². The molecule has 0 aliphatic heterocycles. The molecule has 0 fully saturated rings. The molecule has 1 rings (SSSR count). The summed E-state index contributed by atoms with van der Waals surface area (Å²) in [5, 5.41) is 0.697. The second-order valence-corrected chi connectivity index (χ2v) is 5.49. The fourth-order valence-corrected chi connectivity index (χ4v) is 2.83. The van der Waals surface area contributed by atoms with E-state index in [0.29, 0.717) is 10.0 Å². The van der Waals surface area contributed by atoms with E-state index in [1.807, 2.05) is 0 Å². The van der Waals surface area contributed by atoms with Crippen LogP contribution < -0.4 is 4.90 Å². The van der Waals surface area contributed by atoms with Crippen LogP contribution >= 0.6 is 11.3 Å². The Bertz CT molecular complexity index is 468. The van der Waals surface area contributed by atoms with E-state index in [2.05, 4.69) is 35.4 Å². The molecule has 0 unspecified atom stereocenters. The van der Waals surface area contributed by atoms with Gasteiger partial charge in [0.05, 0.1) is 7.11 Å². The molecule has 0 aliphatic carbocycles. The summed E-state index contributed by atoms with van der Waals surface area (Å²) in [6, 6.07) is 0.261. The molecule has 1 heterocycles. The number of rotatable bonds is 6. The monoisotopic (exact) mass is 284 g/mol. The number of hydrogen-bond acceptors (Lipinski definition) is 6. The van der Waals surface area contributed by atoms with Crippen LogP contribution in [0.4, 0.5) is 5.13 Å². The number of hydrogen-bond donors (Lipinski definition) is 0. The first-order valence-electron chi connectivity index (χ1n) is 6.29. The highest BCUT2D eigenvalue weighted by Crippen LogP contribution is 2.28. The van der Waals surface area contributed by atoms with E-state index >= 15 is 0 Å². The second-order valence-electron chi connectivity index (χ2n) is 4.51. The highest BCUT2D eigenvalue weighted by molar-refractivity contribution is 7.17. The lowest BCUT2D eigenvalue weighted by Gasteiger charge is -2.25. The van der Waals surface area contributed by atoms with Crippen molar-refractivity contribution in [1.29, 1.82) is 0 Å². The number of carbonyl (C=O) groups excluding carboxylic acids is 2. The van der Waals surface area contributed by atoms with Crippen molar-refractivity contribution in [3.63, 3.8) is 0 Å². The summed E-state index contributed by atoms with van der Waals surface area (Å²) < 4.78 is 4.68. The van der Waals surface area contributed by atoms with E-state index in [0.717, 1.165) is 13.0 Å². The van der Waals surface area contributed by atoms with Gasteiger partial charge in [0.2, 0.25) is 0 Å². The highest BCUT2D eigenvalue weighted by Gasteiger charge is 2.24. The average Bonchev–Trinajstić information content (AvgIpc) is 2.79. The van der Waals surface area contributed by atoms with E-state index in [1.54, 1.807) is 0 Å². The fourth-order valence-electron chi connectivity index (χ4n) is 1.72. The Morgan fingerprint density at radius 1 is 1.42 bits per heavy atom. The van der Waals surface area contributed by atoms with Crippen LogP contribution in [0.3, 0.4) is 0 Å². The Labute approximate surface area is 117 Å². The van der Waals surface area contributed by atoms with Crippen molar-refractivity contribution in [2.75, 3.05) is 18.6 Å². The van der Waals surface area contributed by atoms with Gasteiger partial charge in [-0.3, -0.25) is 4.79 Å². The van der Waals surface area contributed by atoms with Crippen LogP contribution in [0.1, 0.15) is 54.3 Å². The van der Waals surface area contributed by atoms with Crippen LogP contribution in [-0.2, 0) is 4.74 Å². The number of anilines is 1. The summed E-state index contributed by atoms with van der Waals surface area (Å²) in [5.74, 6) is -0.725. The molecule has 5 nitrogen and oxygen atoms in total. The number of methoxy groups -OCH3 is 1. The Hall–Kier alpha value is -1.43. The maximum absolute atomic E-state index is 11.7. The average molecular weight is 284 g/mol. The fraction of sp³-hybridized carbons (Fsp3) is 0.615. The van der Waals surface area contributed by atoms with Crippen LogP contribution in [0.2, 0.25) is 0 Å². The third kappa shape index (κ3) is 3.53. The molecule has 0 spiro atoms. The molecule has 1 aromatic rings. The quantitative estimate of drug-likeness (QED) is 0.594. The van der Waals surface area contributed by atoms with Gasteiger partial charge in [-0.25, -0.2) is 9.78 Å². The third-order valence-electron chi connectivity index (χ3n) is 2.65. The second kappa shape index (κ2) is 6.65. The smallest absolute Gasteiger partial charge is 0.358 e. The third-order valence-corrected chi connectivity index (χ3v) is 3.84. The number of esters is 1. The predicted molar refractivity (Wildman–Crippen MR) is 76.2 cm³/mol. The number of ketones is 1. The first kappa shape index (κ1) is 15.6. The molecular formula is C13H20N2O3S. The summed E-state index contributed by atoms with van der Waals surface area (Å²) in [5.41, 5.74) is 0.122. The van der Waals surface area contributed by atoms with Crippen molar-refractivity contribution >= 4 is 28.2 Å². The van der Waals surface area contributed by atoms with Gasteiger partial charge in [-0.2, -0.15) is 0 Å². The van der Waals surface area contributed by atoms with Crippen LogP contribution in [0.15, 0.2) is 0 Å².